The van der Waals surface area contributed by atoms with Crippen molar-refractivity contribution >= 4 is 6.09 Å². The molecule has 0 aromatic carbocycles. The molecule has 0 spiro atoms. The lowest BCUT2D eigenvalue weighted by Gasteiger charge is -2.24. The van der Waals surface area contributed by atoms with Gasteiger partial charge in [0.15, 0.2) is 0 Å². The third-order valence-electron chi connectivity index (χ3n) is 2.23. The first kappa shape index (κ1) is 11.9. The minimum Gasteiger partial charge on any atom is -0.444 e. The highest BCUT2D eigenvalue weighted by molar-refractivity contribution is 5.68. The van der Waals surface area contributed by atoms with Crippen molar-refractivity contribution in [3.05, 3.63) is 0 Å². The zero-order valence-corrected chi connectivity index (χ0v) is 9.49. The molecule has 4 nitrogen and oxygen atoms in total. The molecular weight excluding hydrogens is 192 g/mol. The van der Waals surface area contributed by atoms with E-state index in [1.54, 1.807) is 4.90 Å². The zero-order chi connectivity index (χ0) is 11.6. The number of amides is 1. The van der Waals surface area contributed by atoms with Crippen LogP contribution in [0.4, 0.5) is 4.79 Å². The molecule has 4 heteroatoms. The molecule has 1 aliphatic heterocycles. The number of likely N-dealkylation sites (tertiary alicyclic amines) is 1. The third kappa shape index (κ3) is 3.14. The highest BCUT2D eigenvalue weighted by Crippen LogP contribution is 2.18. The lowest BCUT2D eigenvalue weighted by atomic mass is 10.1. The Morgan fingerprint density at radius 3 is 2.53 bits per heavy atom. The Morgan fingerprint density at radius 1 is 1.53 bits per heavy atom. The van der Waals surface area contributed by atoms with Gasteiger partial charge in [-0.3, -0.25) is 0 Å². The van der Waals surface area contributed by atoms with E-state index < -0.39 is 5.60 Å². The number of nitrogens with zero attached hydrogens (tertiary/aromatic N) is 1. The predicted molar refractivity (Wildman–Crippen MR) is 58.1 cm³/mol. The lowest BCUT2D eigenvalue weighted by molar-refractivity contribution is 0.0289. The van der Waals surface area contributed by atoms with E-state index in [0.29, 0.717) is 13.1 Å². The molecule has 84 valence electrons. The zero-order valence-electron chi connectivity index (χ0n) is 9.49. The average Bonchev–Trinajstić information content (AvgIpc) is 2.43. The van der Waals surface area contributed by atoms with Crippen LogP contribution >= 0.6 is 0 Å². The highest BCUT2D eigenvalue weighted by Gasteiger charge is 2.33. The number of ether oxygens (including phenoxy) is 1. The maximum absolute atomic E-state index is 11.6. The summed E-state index contributed by atoms with van der Waals surface area (Å²) in [7, 11) is 0. The van der Waals surface area contributed by atoms with Crippen LogP contribution in [0.25, 0.3) is 0 Å². The molecule has 15 heavy (non-hydrogen) atoms. The number of rotatable bonds is 0. The topological polar surface area (TPSA) is 55.6 Å². The molecule has 2 N–H and O–H groups in total. The first-order valence-electron chi connectivity index (χ1n) is 5.03. The van der Waals surface area contributed by atoms with Crippen molar-refractivity contribution in [2.24, 2.45) is 11.7 Å². The van der Waals surface area contributed by atoms with Crippen LogP contribution in [0.1, 0.15) is 20.8 Å². The van der Waals surface area contributed by atoms with Crippen LogP contribution in [0.3, 0.4) is 0 Å². The SMILES string of the molecule is C#C[C@H]1CN(C(=O)OC(C)(C)C)C[C@H]1N. The predicted octanol–water partition coefficient (Wildman–Crippen LogP) is 0.814. The number of terminal acetylenes is 1. The Hall–Kier alpha value is -1.21. The van der Waals surface area contributed by atoms with Crippen molar-refractivity contribution in [3.8, 4) is 12.3 Å². The van der Waals surface area contributed by atoms with Crippen molar-refractivity contribution in [2.75, 3.05) is 13.1 Å². The molecule has 1 heterocycles. The minimum atomic E-state index is -0.477. The Kier molecular flexibility index (Phi) is 3.25. The quantitative estimate of drug-likeness (QED) is 0.602. The van der Waals surface area contributed by atoms with E-state index in [0.717, 1.165) is 0 Å². The molecule has 0 aliphatic carbocycles. The molecule has 0 bridgehead atoms. The van der Waals surface area contributed by atoms with Crippen molar-refractivity contribution < 1.29 is 9.53 Å². The van der Waals surface area contributed by atoms with Gasteiger partial charge in [0.1, 0.15) is 5.60 Å². The minimum absolute atomic E-state index is 0.0579. The first-order valence-corrected chi connectivity index (χ1v) is 5.03. The molecule has 0 aromatic heterocycles. The number of carbonyl (C=O) groups excluding carboxylic acids is 1. The highest BCUT2D eigenvalue weighted by atomic mass is 16.6. The van der Waals surface area contributed by atoms with Crippen LogP contribution in [0.2, 0.25) is 0 Å². The first-order chi connectivity index (χ1) is 6.83. The summed E-state index contributed by atoms with van der Waals surface area (Å²) in [6, 6.07) is -0.137. The Bertz CT molecular complexity index is 288. The fourth-order valence-corrected chi connectivity index (χ4v) is 1.48. The van der Waals surface area contributed by atoms with Crippen LogP contribution in [0.5, 0.6) is 0 Å². The van der Waals surface area contributed by atoms with Crippen molar-refractivity contribution in [3.63, 3.8) is 0 Å². The van der Waals surface area contributed by atoms with E-state index in [1.807, 2.05) is 20.8 Å². The molecule has 1 aliphatic rings. The van der Waals surface area contributed by atoms with Crippen LogP contribution in [-0.2, 0) is 4.74 Å². The molecule has 1 amide bonds. The van der Waals surface area contributed by atoms with E-state index in [4.69, 9.17) is 16.9 Å². The van der Waals surface area contributed by atoms with Gasteiger partial charge in [0.2, 0.25) is 0 Å². The summed E-state index contributed by atoms with van der Waals surface area (Å²) in [5.41, 5.74) is 5.31. The number of nitrogens with two attached hydrogens (primary N) is 1. The fourth-order valence-electron chi connectivity index (χ4n) is 1.48. The van der Waals surface area contributed by atoms with Gasteiger partial charge >= 0.3 is 6.09 Å². The third-order valence-corrected chi connectivity index (χ3v) is 2.23. The number of carbonyl (C=O) groups is 1. The van der Waals surface area contributed by atoms with Gasteiger partial charge < -0.3 is 15.4 Å². The maximum Gasteiger partial charge on any atom is 0.410 e. The largest absolute Gasteiger partial charge is 0.444 e. The standard InChI is InChI=1S/C11H18N2O2/c1-5-8-6-13(7-9(8)12)10(14)15-11(2,3)4/h1,8-9H,6-7,12H2,2-4H3/t8-,9+/m0/s1. The van der Waals surface area contributed by atoms with Gasteiger partial charge in [-0.2, -0.15) is 0 Å². The molecule has 1 rings (SSSR count). The summed E-state index contributed by atoms with van der Waals surface area (Å²) in [4.78, 5) is 13.2. The van der Waals surface area contributed by atoms with Gasteiger partial charge in [-0.1, -0.05) is 5.92 Å². The second kappa shape index (κ2) is 4.11. The normalized spacial score (nSPS) is 26.2. The van der Waals surface area contributed by atoms with Gasteiger partial charge in [0, 0.05) is 19.1 Å². The van der Waals surface area contributed by atoms with E-state index in [1.165, 1.54) is 0 Å². The molecule has 1 saturated heterocycles. The second-order valence-electron chi connectivity index (χ2n) is 4.82. The van der Waals surface area contributed by atoms with E-state index in [9.17, 15) is 4.79 Å². The van der Waals surface area contributed by atoms with E-state index in [-0.39, 0.29) is 18.1 Å². The van der Waals surface area contributed by atoms with Crippen LogP contribution in [-0.4, -0.2) is 35.7 Å². The number of hydrogen-bond acceptors (Lipinski definition) is 3. The molecule has 1 fully saturated rings. The van der Waals surface area contributed by atoms with Gasteiger partial charge in [0.25, 0.3) is 0 Å². The second-order valence-corrected chi connectivity index (χ2v) is 4.82. The van der Waals surface area contributed by atoms with Crippen LogP contribution in [0, 0.1) is 18.3 Å². The van der Waals surface area contributed by atoms with Gasteiger partial charge in [-0.05, 0) is 20.8 Å². The van der Waals surface area contributed by atoms with Crippen molar-refractivity contribution in [1.82, 2.24) is 4.90 Å². The fraction of sp³-hybridized carbons (Fsp3) is 0.727. The lowest BCUT2D eigenvalue weighted by Crippen LogP contribution is -2.36. The smallest absolute Gasteiger partial charge is 0.410 e. The molecule has 0 unspecified atom stereocenters. The van der Waals surface area contributed by atoms with Crippen LogP contribution < -0.4 is 5.73 Å². The summed E-state index contributed by atoms with van der Waals surface area (Å²) >= 11 is 0. The van der Waals surface area contributed by atoms with E-state index in [2.05, 4.69) is 5.92 Å². The Labute approximate surface area is 90.8 Å². The maximum atomic E-state index is 11.6. The van der Waals surface area contributed by atoms with Crippen molar-refractivity contribution in [1.29, 1.82) is 0 Å². The molecule has 0 saturated carbocycles. The molecular formula is C11H18N2O2. The summed E-state index contributed by atoms with van der Waals surface area (Å²) in [5.74, 6) is 2.53. The average molecular weight is 210 g/mol. The monoisotopic (exact) mass is 210 g/mol. The Morgan fingerprint density at radius 2 is 2.13 bits per heavy atom. The summed E-state index contributed by atoms with van der Waals surface area (Å²) in [5, 5.41) is 0. The molecule has 0 aromatic rings. The molecule has 2 atom stereocenters. The van der Waals surface area contributed by atoms with Gasteiger partial charge in [-0.15, -0.1) is 6.42 Å². The van der Waals surface area contributed by atoms with Gasteiger partial charge in [-0.25, -0.2) is 4.79 Å². The molecule has 0 radical (unpaired) electrons. The van der Waals surface area contributed by atoms with Crippen LogP contribution in [0.15, 0.2) is 0 Å². The van der Waals surface area contributed by atoms with E-state index >= 15 is 0 Å². The summed E-state index contributed by atoms with van der Waals surface area (Å²) in [6.07, 6.45) is 4.97. The summed E-state index contributed by atoms with van der Waals surface area (Å²) in [6.45, 7) is 6.47. The number of hydrogen-bond donors (Lipinski definition) is 1. The Balaban J connectivity index is 2.54. The van der Waals surface area contributed by atoms with Gasteiger partial charge in [0.05, 0.1) is 5.92 Å². The summed E-state index contributed by atoms with van der Waals surface area (Å²) < 4.78 is 5.23. The van der Waals surface area contributed by atoms with Crippen molar-refractivity contribution in [2.45, 2.75) is 32.4 Å².